The third-order valence-electron chi connectivity index (χ3n) is 6.90. The van der Waals surface area contributed by atoms with Gasteiger partial charge in [-0.3, -0.25) is 4.57 Å². The molecule has 2 fully saturated rings. The molecule has 37 heavy (non-hydrogen) atoms. The molecular weight excluding hydrogens is 480 g/mol. The average molecular weight is 517 g/mol. The molecule has 14 heteroatoms. The van der Waals surface area contributed by atoms with Crippen molar-refractivity contribution < 1.29 is 20.1 Å². The summed E-state index contributed by atoms with van der Waals surface area (Å²) in [6.45, 7) is 9.57. The molecule has 1 aliphatic heterocycles. The Labute approximate surface area is 214 Å². The number of nitrogens with one attached hydrogen (secondary N) is 2. The fourth-order valence-corrected chi connectivity index (χ4v) is 4.73. The molecule has 0 spiro atoms. The van der Waals surface area contributed by atoms with Crippen LogP contribution in [0.4, 0.5) is 11.8 Å². The van der Waals surface area contributed by atoms with Gasteiger partial charge in [-0.25, -0.2) is 4.98 Å². The van der Waals surface area contributed by atoms with Crippen molar-refractivity contribution in [2.45, 2.75) is 96.6 Å². The van der Waals surface area contributed by atoms with Crippen LogP contribution in [0, 0.1) is 5.41 Å². The van der Waals surface area contributed by atoms with Gasteiger partial charge in [0.25, 0.3) is 0 Å². The van der Waals surface area contributed by atoms with Crippen LogP contribution in [0.15, 0.2) is 6.33 Å². The first-order valence-corrected chi connectivity index (χ1v) is 12.9. The number of hydrogen-bond acceptors (Lipinski definition) is 12. The number of aliphatic hydroxyl groups excluding tert-OH is 3. The Morgan fingerprint density at radius 2 is 1.95 bits per heavy atom. The number of rotatable bonds is 8. The quantitative estimate of drug-likeness (QED) is 0.287. The monoisotopic (exact) mass is 516 g/mol. The van der Waals surface area contributed by atoms with Gasteiger partial charge in [0.15, 0.2) is 29.3 Å². The number of aliphatic hydroxyl groups is 3. The summed E-state index contributed by atoms with van der Waals surface area (Å²) in [7, 11) is 0. The first-order chi connectivity index (χ1) is 17.6. The van der Waals surface area contributed by atoms with Crippen LogP contribution in [0.3, 0.4) is 0 Å². The van der Waals surface area contributed by atoms with E-state index in [1.807, 2.05) is 6.92 Å². The molecule has 1 saturated carbocycles. The summed E-state index contributed by atoms with van der Waals surface area (Å²) in [6, 6.07) is -0.150. The Hall–Kier alpha value is -2.94. The van der Waals surface area contributed by atoms with E-state index in [1.54, 1.807) is 4.57 Å². The predicted octanol–water partition coefficient (Wildman–Crippen LogP) is 0.998. The second-order valence-electron chi connectivity index (χ2n) is 11.0. The number of nitrogens with zero attached hydrogens (tertiary/aromatic N) is 8. The van der Waals surface area contributed by atoms with Crippen molar-refractivity contribution in [3.63, 3.8) is 0 Å². The van der Waals surface area contributed by atoms with Gasteiger partial charge < -0.3 is 30.7 Å². The van der Waals surface area contributed by atoms with Gasteiger partial charge in [0.1, 0.15) is 12.2 Å². The summed E-state index contributed by atoms with van der Waals surface area (Å²) in [5, 5.41) is 50.7. The van der Waals surface area contributed by atoms with Crippen LogP contribution in [0.5, 0.6) is 0 Å². The highest BCUT2D eigenvalue weighted by Gasteiger charge is 2.47. The minimum absolute atomic E-state index is 0.133. The number of anilines is 2. The summed E-state index contributed by atoms with van der Waals surface area (Å²) < 4.78 is 7.63. The lowest BCUT2D eigenvalue weighted by molar-refractivity contribution is -0.0384. The van der Waals surface area contributed by atoms with Gasteiger partial charge >= 0.3 is 0 Å². The summed E-state index contributed by atoms with van der Waals surface area (Å²) in [4.78, 5) is 15.2. The molecule has 14 nitrogen and oxygen atoms in total. The van der Waals surface area contributed by atoms with E-state index >= 15 is 0 Å². The predicted molar refractivity (Wildman–Crippen MR) is 134 cm³/mol. The zero-order chi connectivity index (χ0) is 26.3. The lowest BCUT2D eigenvalue weighted by atomic mass is 9.92. The van der Waals surface area contributed by atoms with Gasteiger partial charge in [-0.2, -0.15) is 14.8 Å². The summed E-state index contributed by atoms with van der Waals surface area (Å²) >= 11 is 0. The largest absolute Gasteiger partial charge is 0.391 e. The molecule has 1 aliphatic carbocycles. The van der Waals surface area contributed by atoms with Crippen LogP contribution in [0.25, 0.3) is 11.2 Å². The second-order valence-corrected chi connectivity index (χ2v) is 11.0. The minimum atomic E-state index is -1.28. The van der Waals surface area contributed by atoms with Crippen molar-refractivity contribution in [3.05, 3.63) is 12.2 Å². The number of aromatic nitrogens is 8. The molecule has 5 N–H and O–H groups in total. The molecule has 3 aromatic heterocycles. The molecule has 0 radical (unpaired) electrons. The number of fused-ring (bicyclic) bond motifs is 1. The van der Waals surface area contributed by atoms with Crippen molar-refractivity contribution in [1.29, 1.82) is 0 Å². The Morgan fingerprint density at radius 1 is 1.14 bits per heavy atom. The van der Waals surface area contributed by atoms with Gasteiger partial charge in [-0.1, -0.05) is 20.8 Å². The topological polar surface area (TPSA) is 181 Å². The maximum atomic E-state index is 10.9. The second kappa shape index (κ2) is 10.1. The average Bonchev–Trinajstić information content (AvgIpc) is 3.62. The van der Waals surface area contributed by atoms with E-state index in [0.717, 1.165) is 25.7 Å². The Bertz CT molecular complexity index is 1220. The maximum Gasteiger partial charge on any atom is 0.227 e. The lowest BCUT2D eigenvalue weighted by Gasteiger charge is -2.20. The highest BCUT2D eigenvalue weighted by Crippen LogP contribution is 2.39. The molecule has 0 bridgehead atoms. The molecule has 2 aliphatic rings. The van der Waals surface area contributed by atoms with Crippen molar-refractivity contribution in [1.82, 2.24) is 39.7 Å². The molecule has 4 heterocycles. The summed E-state index contributed by atoms with van der Waals surface area (Å²) in [5.74, 6) is 1.08. The van der Waals surface area contributed by atoms with E-state index in [2.05, 4.69) is 61.8 Å². The summed E-state index contributed by atoms with van der Waals surface area (Å²) in [6.07, 6.45) is -0.0728. The van der Waals surface area contributed by atoms with E-state index in [0.29, 0.717) is 36.0 Å². The number of hydrogen-bond donors (Lipinski definition) is 5. The van der Waals surface area contributed by atoms with Crippen LogP contribution in [0.1, 0.15) is 71.5 Å². The van der Waals surface area contributed by atoms with E-state index in [1.165, 1.54) is 11.1 Å². The fraction of sp³-hybridized carbons (Fsp3) is 0.739. The van der Waals surface area contributed by atoms with Crippen LogP contribution in [-0.2, 0) is 11.3 Å². The van der Waals surface area contributed by atoms with E-state index < -0.39 is 30.6 Å². The first-order valence-electron chi connectivity index (χ1n) is 12.9. The molecule has 1 saturated heterocycles. The van der Waals surface area contributed by atoms with Crippen LogP contribution in [-0.4, -0.2) is 85.9 Å². The highest BCUT2D eigenvalue weighted by atomic mass is 16.6. The standard InChI is InChI=1S/C23H36N10O4/c1-5-33-30-19(29-31-33)17-15(35)16(36)21(37-17)32-11-25-14-18(24-10-9-23(2,3)4)27-22(28-20(14)32)26-12-7-6-8-13(12)34/h11-13,15-17,21,34-36H,5-10H2,1-4H3,(H2,24,26,27,28)/t12-,13-,15+,16-,17+,21-/m1/s1. The van der Waals surface area contributed by atoms with E-state index in [9.17, 15) is 15.3 Å². The molecule has 5 rings (SSSR count). The van der Waals surface area contributed by atoms with Crippen molar-refractivity contribution in [3.8, 4) is 0 Å². The lowest BCUT2D eigenvalue weighted by Crippen LogP contribution is -2.30. The molecule has 0 aromatic carbocycles. The van der Waals surface area contributed by atoms with Crippen molar-refractivity contribution >= 4 is 22.9 Å². The third-order valence-corrected chi connectivity index (χ3v) is 6.90. The molecule has 0 unspecified atom stereocenters. The third kappa shape index (κ3) is 5.23. The Morgan fingerprint density at radius 3 is 2.62 bits per heavy atom. The molecule has 6 atom stereocenters. The molecule has 202 valence electrons. The molecule has 3 aromatic rings. The smallest absolute Gasteiger partial charge is 0.227 e. The van der Waals surface area contributed by atoms with Gasteiger partial charge in [-0.15, -0.1) is 10.2 Å². The number of aryl methyl sites for hydroxylation is 1. The van der Waals surface area contributed by atoms with Gasteiger partial charge in [0, 0.05) is 6.54 Å². The normalized spacial score (nSPS) is 28.3. The molecule has 0 amide bonds. The zero-order valence-corrected chi connectivity index (χ0v) is 21.6. The van der Waals surface area contributed by atoms with E-state index in [-0.39, 0.29) is 17.3 Å². The van der Waals surface area contributed by atoms with Crippen LogP contribution >= 0.6 is 0 Å². The van der Waals surface area contributed by atoms with Gasteiger partial charge in [0.05, 0.1) is 25.0 Å². The number of tetrazole rings is 1. The SMILES string of the molecule is CCn1nnc([C@H]2O[C@@H](n3cnc4c(NCCC(C)(C)C)nc(N[C@@H]5CCC[C@H]5O)nc43)[C@H](O)[C@@H]2O)n1. The molecular formula is C23H36N10O4. The van der Waals surface area contributed by atoms with E-state index in [4.69, 9.17) is 4.74 Å². The Balaban J connectivity index is 1.47. The highest BCUT2D eigenvalue weighted by molar-refractivity contribution is 5.84. The fourth-order valence-electron chi connectivity index (χ4n) is 4.73. The summed E-state index contributed by atoms with van der Waals surface area (Å²) in [5.41, 5.74) is 1.06. The maximum absolute atomic E-state index is 10.9. The number of ether oxygens (including phenoxy) is 1. The van der Waals surface area contributed by atoms with Gasteiger partial charge in [-0.05, 0) is 43.2 Å². The van der Waals surface area contributed by atoms with Crippen molar-refractivity contribution in [2.75, 3.05) is 17.2 Å². The van der Waals surface area contributed by atoms with Crippen LogP contribution < -0.4 is 10.6 Å². The number of imidazole rings is 1. The van der Waals surface area contributed by atoms with Crippen molar-refractivity contribution in [2.24, 2.45) is 5.41 Å². The first kappa shape index (κ1) is 25.7. The van der Waals surface area contributed by atoms with Crippen LogP contribution in [0.2, 0.25) is 0 Å². The minimum Gasteiger partial charge on any atom is -0.391 e. The zero-order valence-electron chi connectivity index (χ0n) is 21.6. The Kier molecular flexibility index (Phi) is 7.00. The van der Waals surface area contributed by atoms with Gasteiger partial charge in [0.2, 0.25) is 11.8 Å².